The van der Waals surface area contributed by atoms with Crippen LogP contribution in [0.25, 0.3) is 0 Å². The van der Waals surface area contributed by atoms with Gasteiger partial charge in [-0.25, -0.2) is 0 Å². The maximum atomic E-state index is 12.2. The van der Waals surface area contributed by atoms with E-state index in [-0.39, 0.29) is 11.5 Å². The summed E-state index contributed by atoms with van der Waals surface area (Å²) in [5.74, 6) is 1.77. The van der Waals surface area contributed by atoms with E-state index in [0.29, 0.717) is 30.0 Å². The number of ketones is 1. The molecule has 2 aromatic rings. The van der Waals surface area contributed by atoms with Crippen LogP contribution in [-0.2, 0) is 11.2 Å². The molecule has 2 nitrogen and oxygen atoms in total. The van der Waals surface area contributed by atoms with Crippen LogP contribution in [0.3, 0.4) is 0 Å². The second-order valence-corrected chi connectivity index (χ2v) is 11.1. The van der Waals surface area contributed by atoms with Crippen molar-refractivity contribution in [2.24, 2.45) is 17.3 Å². The van der Waals surface area contributed by atoms with Gasteiger partial charge >= 0.3 is 0 Å². The number of carbonyl (C=O) groups excluding carboxylic acids is 1. The van der Waals surface area contributed by atoms with E-state index in [1.807, 2.05) is 6.08 Å². The fourth-order valence-electron chi connectivity index (χ4n) is 7.63. The largest absolute Gasteiger partial charge is 0.393 e. The predicted octanol–water partition coefficient (Wildman–Crippen LogP) is 6.54. The minimum atomic E-state index is -0.196. The Morgan fingerprint density at radius 3 is 2.45 bits per heavy atom. The van der Waals surface area contributed by atoms with Crippen molar-refractivity contribution in [3.8, 4) is 0 Å². The van der Waals surface area contributed by atoms with Gasteiger partial charge in [-0.15, -0.1) is 0 Å². The number of rotatable bonds is 3. The van der Waals surface area contributed by atoms with Crippen LogP contribution >= 0.6 is 0 Å². The summed E-state index contributed by atoms with van der Waals surface area (Å²) in [6, 6.07) is 19.9. The van der Waals surface area contributed by atoms with Gasteiger partial charge in [0.05, 0.1) is 6.10 Å². The van der Waals surface area contributed by atoms with Crippen LogP contribution in [0, 0.1) is 17.3 Å². The molecule has 4 aliphatic carbocycles. The Morgan fingerprint density at radius 2 is 1.67 bits per heavy atom. The van der Waals surface area contributed by atoms with Crippen LogP contribution in [-0.4, -0.2) is 17.0 Å². The molecule has 0 spiro atoms. The second kappa shape index (κ2) is 8.09. The van der Waals surface area contributed by atoms with E-state index in [1.54, 1.807) is 5.57 Å². The van der Waals surface area contributed by atoms with E-state index in [9.17, 15) is 9.90 Å². The summed E-state index contributed by atoms with van der Waals surface area (Å²) in [7, 11) is 0. The van der Waals surface area contributed by atoms with Crippen molar-refractivity contribution in [3.05, 3.63) is 94.1 Å². The van der Waals surface area contributed by atoms with Crippen LogP contribution < -0.4 is 0 Å². The minimum Gasteiger partial charge on any atom is -0.393 e. The smallest absolute Gasteiger partial charge is 0.156 e. The van der Waals surface area contributed by atoms with Crippen molar-refractivity contribution in [2.45, 2.75) is 70.3 Å². The van der Waals surface area contributed by atoms with Gasteiger partial charge in [0.15, 0.2) is 5.78 Å². The molecule has 0 amide bonds. The molecule has 4 aliphatic rings. The molecule has 1 N–H and O–H groups in total. The standard InChI is InChI=1S/C31H34O2/c1-31-19-27(22-9-7-21(8-10-22)17-20-5-3-2-4-6-20)30-25-14-12-24(32)18-23(25)11-13-26(30)28(31)15-16-29(31)33/h2-10,18,26-29,33H,11-17,19H2,1H3. The molecule has 6 rings (SSSR count). The Morgan fingerprint density at radius 1 is 0.909 bits per heavy atom. The highest BCUT2D eigenvalue weighted by molar-refractivity contribution is 5.93. The summed E-state index contributed by atoms with van der Waals surface area (Å²) < 4.78 is 0. The number of hydrogen-bond acceptors (Lipinski definition) is 2. The second-order valence-electron chi connectivity index (χ2n) is 11.1. The Kier molecular flexibility index (Phi) is 5.18. The van der Waals surface area contributed by atoms with Gasteiger partial charge in [-0.3, -0.25) is 4.79 Å². The lowest BCUT2D eigenvalue weighted by Crippen LogP contribution is -2.45. The average molecular weight is 439 g/mol. The van der Waals surface area contributed by atoms with Crippen molar-refractivity contribution in [3.63, 3.8) is 0 Å². The molecule has 0 aliphatic heterocycles. The van der Waals surface area contributed by atoms with E-state index in [4.69, 9.17) is 0 Å². The third kappa shape index (κ3) is 3.54. The molecule has 0 bridgehead atoms. The van der Waals surface area contributed by atoms with Gasteiger partial charge in [-0.05, 0) is 96.1 Å². The van der Waals surface area contributed by atoms with Gasteiger partial charge in [-0.1, -0.05) is 67.1 Å². The molecule has 33 heavy (non-hydrogen) atoms. The number of aliphatic hydroxyl groups is 1. The van der Waals surface area contributed by atoms with E-state index >= 15 is 0 Å². The summed E-state index contributed by atoms with van der Waals surface area (Å²) in [5.41, 5.74) is 8.48. The van der Waals surface area contributed by atoms with E-state index < -0.39 is 0 Å². The first-order chi connectivity index (χ1) is 16.0. The number of hydrogen-bond donors (Lipinski definition) is 1. The number of allylic oxidation sites excluding steroid dienone is 4. The van der Waals surface area contributed by atoms with Gasteiger partial charge in [0.2, 0.25) is 0 Å². The lowest BCUT2D eigenvalue weighted by Gasteiger charge is -2.52. The quantitative estimate of drug-likeness (QED) is 0.591. The van der Waals surface area contributed by atoms with Crippen molar-refractivity contribution in [1.82, 2.24) is 0 Å². The summed E-state index contributed by atoms with van der Waals surface area (Å²) in [5, 5.41) is 11.0. The SMILES string of the molecule is CC12CC(c3ccc(Cc4ccccc4)cc3)C3=C4CCC(=O)C=C4CCC3C1CCC2O. The zero-order valence-corrected chi connectivity index (χ0v) is 19.6. The molecule has 5 atom stereocenters. The van der Waals surface area contributed by atoms with E-state index in [1.165, 1.54) is 27.8 Å². The lowest BCUT2D eigenvalue weighted by molar-refractivity contribution is -0.114. The highest BCUT2D eigenvalue weighted by Crippen LogP contribution is 2.63. The first-order valence-corrected chi connectivity index (χ1v) is 12.8. The van der Waals surface area contributed by atoms with Gasteiger partial charge in [0, 0.05) is 12.3 Å². The molecule has 170 valence electrons. The zero-order valence-electron chi connectivity index (χ0n) is 19.6. The van der Waals surface area contributed by atoms with Crippen molar-refractivity contribution in [2.75, 3.05) is 0 Å². The molecule has 2 fully saturated rings. The monoisotopic (exact) mass is 438 g/mol. The number of fused-ring (bicyclic) bond motifs is 4. The fourth-order valence-corrected chi connectivity index (χ4v) is 7.63. The van der Waals surface area contributed by atoms with Gasteiger partial charge in [0.1, 0.15) is 0 Å². The first kappa shape index (κ1) is 21.1. The molecule has 0 radical (unpaired) electrons. The summed E-state index contributed by atoms with van der Waals surface area (Å²) in [6.45, 7) is 2.35. The summed E-state index contributed by atoms with van der Waals surface area (Å²) in [4.78, 5) is 12.2. The van der Waals surface area contributed by atoms with Crippen molar-refractivity contribution >= 4 is 5.78 Å². The topological polar surface area (TPSA) is 37.3 Å². The number of carbonyl (C=O) groups is 1. The Balaban J connectivity index is 1.40. The Hall–Kier alpha value is -2.45. The molecular formula is C31H34O2. The van der Waals surface area contributed by atoms with Crippen LogP contribution in [0.5, 0.6) is 0 Å². The van der Waals surface area contributed by atoms with Gasteiger partial charge < -0.3 is 5.11 Å². The Bertz CT molecular complexity index is 1120. The van der Waals surface area contributed by atoms with E-state index in [0.717, 1.165) is 44.9 Å². The predicted molar refractivity (Wildman–Crippen MR) is 132 cm³/mol. The zero-order chi connectivity index (χ0) is 22.6. The third-order valence-electron chi connectivity index (χ3n) is 9.31. The Labute approximate surface area is 197 Å². The van der Waals surface area contributed by atoms with Crippen LogP contribution in [0.4, 0.5) is 0 Å². The van der Waals surface area contributed by atoms with Crippen LogP contribution in [0.1, 0.15) is 74.5 Å². The van der Waals surface area contributed by atoms with Gasteiger partial charge in [-0.2, -0.15) is 0 Å². The average Bonchev–Trinajstić information content (AvgIpc) is 3.13. The molecule has 0 saturated heterocycles. The van der Waals surface area contributed by atoms with E-state index in [2.05, 4.69) is 61.5 Å². The number of benzene rings is 2. The molecular weight excluding hydrogens is 404 g/mol. The molecule has 2 heteroatoms. The van der Waals surface area contributed by atoms with Crippen LogP contribution in [0.2, 0.25) is 0 Å². The van der Waals surface area contributed by atoms with Crippen molar-refractivity contribution in [1.29, 1.82) is 0 Å². The number of aliphatic hydroxyl groups excluding tert-OH is 1. The normalized spacial score (nSPS) is 33.3. The molecule has 5 unspecified atom stereocenters. The summed E-state index contributed by atoms with van der Waals surface area (Å²) in [6.07, 6.45) is 9.52. The highest BCUT2D eigenvalue weighted by Gasteiger charge is 2.56. The maximum absolute atomic E-state index is 12.2. The molecule has 2 saturated carbocycles. The molecule has 2 aromatic carbocycles. The molecule has 0 heterocycles. The lowest BCUT2D eigenvalue weighted by atomic mass is 9.53. The summed E-state index contributed by atoms with van der Waals surface area (Å²) >= 11 is 0. The fraction of sp³-hybridized carbons (Fsp3) is 0.452. The van der Waals surface area contributed by atoms with Gasteiger partial charge in [0.25, 0.3) is 0 Å². The third-order valence-corrected chi connectivity index (χ3v) is 9.31. The van der Waals surface area contributed by atoms with Crippen molar-refractivity contribution < 1.29 is 9.90 Å². The minimum absolute atomic E-state index is 0.00614. The highest BCUT2D eigenvalue weighted by atomic mass is 16.3. The molecule has 0 aromatic heterocycles. The van der Waals surface area contributed by atoms with Crippen LogP contribution in [0.15, 0.2) is 77.4 Å². The maximum Gasteiger partial charge on any atom is 0.156 e. The first-order valence-electron chi connectivity index (χ1n) is 12.8.